The summed E-state index contributed by atoms with van der Waals surface area (Å²) in [4.78, 5) is 84.1. The van der Waals surface area contributed by atoms with Gasteiger partial charge in [-0.3, -0.25) is 28.8 Å². The summed E-state index contributed by atoms with van der Waals surface area (Å²) in [6, 6.07) is 13.0. The second-order valence-corrected chi connectivity index (χ2v) is 30.3. The summed E-state index contributed by atoms with van der Waals surface area (Å²) in [5.41, 5.74) is -2.65. The number of ether oxygens (including phenoxy) is 9. The molecule has 0 aromatic heterocycles. The summed E-state index contributed by atoms with van der Waals surface area (Å²) in [7, 11) is -2.41. The lowest BCUT2D eigenvalue weighted by Crippen LogP contribution is -2.45. The third-order valence-corrected chi connectivity index (χ3v) is 22.3. The van der Waals surface area contributed by atoms with Crippen LogP contribution in [0.4, 0.5) is 8.78 Å². The van der Waals surface area contributed by atoms with Gasteiger partial charge in [0, 0.05) is 47.0 Å². The van der Waals surface area contributed by atoms with Gasteiger partial charge in [-0.2, -0.15) is 8.78 Å². The molecule has 0 spiro atoms. The molecule has 3 saturated heterocycles. The molecule has 8 unspecified atom stereocenters. The highest BCUT2D eigenvalue weighted by Crippen LogP contribution is 2.59. The van der Waals surface area contributed by atoms with Crippen molar-refractivity contribution < 1.29 is 97.9 Å². The van der Waals surface area contributed by atoms with E-state index in [1.54, 1.807) is 27.9 Å². The average Bonchev–Trinajstić information content (AvgIpc) is 1.56. The molecule has 89 heavy (non-hydrogen) atoms. The Morgan fingerprint density at radius 2 is 1.24 bits per heavy atom. The van der Waals surface area contributed by atoms with Gasteiger partial charge in [0.05, 0.1) is 53.8 Å². The summed E-state index contributed by atoms with van der Waals surface area (Å²) < 4.78 is 104. The first-order chi connectivity index (χ1) is 41.4. The Kier molecular flexibility index (Phi) is 27.4. The maximum absolute atomic E-state index is 13.0. The molecule has 8 atom stereocenters. The number of carbonyl (C=O) groups is 7. The second kappa shape index (κ2) is 31.9. The first kappa shape index (κ1) is 76.3. The van der Waals surface area contributed by atoms with E-state index < -0.39 is 85.8 Å². The Labute approximate surface area is 529 Å². The van der Waals surface area contributed by atoms with Crippen LogP contribution in [-0.2, 0) is 92.5 Å². The van der Waals surface area contributed by atoms with Gasteiger partial charge in [0.15, 0.2) is 21.1 Å². The second-order valence-electron chi connectivity index (χ2n) is 26.6. The first-order valence-corrected chi connectivity index (χ1v) is 34.3. The van der Waals surface area contributed by atoms with Crippen LogP contribution in [0.15, 0.2) is 41.3 Å². The van der Waals surface area contributed by atoms with Crippen molar-refractivity contribution in [3.05, 3.63) is 36.4 Å². The number of hydrogen-bond donors (Lipinski definition) is 0. The fourth-order valence-corrected chi connectivity index (χ4v) is 13.7. The molecule has 8 rings (SSSR count). The van der Waals surface area contributed by atoms with Crippen molar-refractivity contribution in [1.29, 1.82) is 0 Å². The molecule has 0 amide bonds. The van der Waals surface area contributed by atoms with Gasteiger partial charge in [-0.05, 0) is 157 Å². The standard InChI is InChI=1S/C17H21O2S.C16H22O6.C14H26O2.C10H16O4.C9H16F2O5S/c1-18-10-11-19-16-8-9-17(20-12-4-5-13-20)15-7-3-2-6-14(15)16;1-5-16(2,3)15(19)22-12-7-6-8-10(9(7)13(17)20-4)14(18)21-11(8)12;1-6-13(4,5)12(15)16-14(11(2)3)9-7-8-10-14;1-4-10(2,3)9(12)14-7-5-6-13-8(7)11;1-5-8(3,4)7(12)16-6(2)9(10,11)17(13,14)15/h2-3,6-9H,4-5,10-13H2,1H3;7-12H,5-6H2,1-4H3;11H,6-10H2,1-5H3;7H,4-6H2,1-3H3;6H,5H2,1-4H3,(H,13,14,15)/q+1;;;;/p-1. The normalized spacial score (nSPS) is 23.2. The number of alkyl halides is 2. The first-order valence-electron chi connectivity index (χ1n) is 31.3. The predicted molar refractivity (Wildman–Crippen MR) is 330 cm³/mol. The lowest BCUT2D eigenvalue weighted by molar-refractivity contribution is -0.175. The van der Waals surface area contributed by atoms with E-state index >= 15 is 0 Å². The molecule has 2 aromatic rings. The molecule has 6 fully saturated rings. The largest absolute Gasteiger partial charge is 0.743 e. The molecule has 2 bridgehead atoms. The summed E-state index contributed by atoms with van der Waals surface area (Å²) >= 11 is 0. The minimum absolute atomic E-state index is 0.0226. The Morgan fingerprint density at radius 3 is 1.73 bits per heavy atom. The molecule has 3 saturated carbocycles. The number of halogens is 2. The quantitative estimate of drug-likeness (QED) is 0.0370. The fraction of sp³-hybridized carbons (Fsp3) is 0.742. The van der Waals surface area contributed by atoms with E-state index in [1.165, 1.54) is 73.8 Å². The van der Waals surface area contributed by atoms with Gasteiger partial charge in [-0.15, -0.1) is 0 Å². The van der Waals surface area contributed by atoms with Crippen LogP contribution in [0.25, 0.3) is 10.8 Å². The lowest BCUT2D eigenvalue weighted by Gasteiger charge is -2.36. The van der Waals surface area contributed by atoms with Gasteiger partial charge < -0.3 is 47.2 Å². The van der Waals surface area contributed by atoms with E-state index in [4.69, 9.17) is 37.9 Å². The van der Waals surface area contributed by atoms with Crippen molar-refractivity contribution in [3.63, 3.8) is 0 Å². The van der Waals surface area contributed by atoms with Crippen LogP contribution in [0.2, 0.25) is 0 Å². The Morgan fingerprint density at radius 1 is 0.708 bits per heavy atom. The molecule has 3 aliphatic heterocycles. The van der Waals surface area contributed by atoms with Crippen molar-refractivity contribution >= 4 is 73.6 Å². The third-order valence-electron chi connectivity index (χ3n) is 18.8. The maximum Gasteiger partial charge on any atom is 0.369 e. The van der Waals surface area contributed by atoms with Crippen LogP contribution in [0.1, 0.15) is 181 Å². The Balaban J connectivity index is 0.000000240. The number of esters is 7. The summed E-state index contributed by atoms with van der Waals surface area (Å²) in [5.74, 6) is 0.0655. The highest BCUT2D eigenvalue weighted by molar-refractivity contribution is 7.97. The molecule has 6 aliphatic rings. The van der Waals surface area contributed by atoms with Crippen molar-refractivity contribution in [1.82, 2.24) is 0 Å². The van der Waals surface area contributed by atoms with E-state index in [0.29, 0.717) is 75.7 Å². The molecule has 3 aliphatic carbocycles. The lowest BCUT2D eigenvalue weighted by atomic mass is 9.78. The molecule has 23 heteroatoms. The number of carbonyl (C=O) groups excluding carboxylic acids is 7. The average molecular weight is 1300 g/mol. The van der Waals surface area contributed by atoms with Crippen molar-refractivity contribution in [3.8, 4) is 5.75 Å². The number of fused-ring (bicyclic) bond motifs is 2. The monoisotopic (exact) mass is 1300 g/mol. The molecule has 0 radical (unpaired) electrons. The molecular weight excluding hydrogens is 1200 g/mol. The van der Waals surface area contributed by atoms with E-state index in [0.717, 1.165) is 25.0 Å². The zero-order valence-corrected chi connectivity index (χ0v) is 57.1. The number of rotatable bonds is 21. The van der Waals surface area contributed by atoms with Crippen molar-refractivity contribution in [2.24, 2.45) is 51.2 Å². The van der Waals surface area contributed by atoms with Crippen LogP contribution in [0.3, 0.4) is 0 Å². The van der Waals surface area contributed by atoms with Gasteiger partial charge in [-0.1, -0.05) is 59.7 Å². The molecule has 3 heterocycles. The fourth-order valence-electron chi connectivity index (χ4n) is 10.8. The van der Waals surface area contributed by atoms with Crippen LogP contribution < -0.4 is 4.74 Å². The van der Waals surface area contributed by atoms with Gasteiger partial charge in [0.25, 0.3) is 0 Å². The molecular formula is C66H100F2O19S2. The SMILES string of the molecule is CCC(C)(C)C(=O)OC(C)C(F)(F)S(=O)(=O)[O-].CCC(C)(C)C(=O)OC1(C(C)C)CCCC1.CCC(C)(C)C(=O)OC1C2CC3C1OC(=O)C3C2C(=O)OC.CCC(C)(C)C(=O)OC1CCOC1=O.COCCOc1ccc([S+]2CCCC2)c2ccccc12. The highest BCUT2D eigenvalue weighted by Gasteiger charge is 2.70. The van der Waals surface area contributed by atoms with Gasteiger partial charge in [-0.25, -0.2) is 13.2 Å². The zero-order chi connectivity index (χ0) is 67.3. The number of cyclic esters (lactones) is 1. The van der Waals surface area contributed by atoms with Gasteiger partial charge >= 0.3 is 47.0 Å². The van der Waals surface area contributed by atoms with Crippen LogP contribution in [0.5, 0.6) is 5.75 Å². The smallest absolute Gasteiger partial charge is 0.369 e. The van der Waals surface area contributed by atoms with Gasteiger partial charge in [0.2, 0.25) is 6.10 Å². The predicted octanol–water partition coefficient (Wildman–Crippen LogP) is 11.7. The van der Waals surface area contributed by atoms with Crippen LogP contribution in [0, 0.1) is 51.2 Å². The van der Waals surface area contributed by atoms with E-state index in [9.17, 15) is 55.3 Å². The zero-order valence-electron chi connectivity index (χ0n) is 55.5. The van der Waals surface area contributed by atoms with Crippen LogP contribution in [-0.4, -0.2) is 136 Å². The van der Waals surface area contributed by atoms with Crippen molar-refractivity contribution in [2.75, 3.05) is 45.5 Å². The Hall–Kier alpha value is -5.13. The molecule has 0 N–H and O–H groups in total. The maximum atomic E-state index is 13.0. The van der Waals surface area contributed by atoms with E-state index in [2.05, 4.69) is 55.0 Å². The van der Waals surface area contributed by atoms with Crippen LogP contribution >= 0.6 is 0 Å². The van der Waals surface area contributed by atoms with Crippen molar-refractivity contribution in [2.45, 2.75) is 221 Å². The molecule has 2 aromatic carbocycles. The minimum Gasteiger partial charge on any atom is -0.743 e. The minimum atomic E-state index is -5.86. The molecule has 504 valence electrons. The number of benzene rings is 2. The summed E-state index contributed by atoms with van der Waals surface area (Å²) in [5, 5.41) is -2.03. The number of hydrogen-bond acceptors (Lipinski definition) is 19. The number of methoxy groups -OCH3 is 2. The summed E-state index contributed by atoms with van der Waals surface area (Å²) in [6.45, 7) is 28.2. The highest BCUT2D eigenvalue weighted by atomic mass is 32.2. The third kappa shape index (κ3) is 18.8. The summed E-state index contributed by atoms with van der Waals surface area (Å²) in [6.07, 6.45) is 6.93. The topological polar surface area (TPSA) is 260 Å². The Bertz CT molecular complexity index is 2860. The van der Waals surface area contributed by atoms with E-state index in [1.807, 2.05) is 48.5 Å². The molecule has 19 nitrogen and oxygen atoms in total. The van der Waals surface area contributed by atoms with E-state index in [-0.39, 0.29) is 46.7 Å². The van der Waals surface area contributed by atoms with Gasteiger partial charge in [0.1, 0.15) is 41.7 Å².